The molecule has 2 rings (SSSR count). The molecule has 0 aliphatic carbocycles. The van der Waals surface area contributed by atoms with Gasteiger partial charge in [0.25, 0.3) is 0 Å². The van der Waals surface area contributed by atoms with Crippen molar-refractivity contribution in [2.75, 3.05) is 26.4 Å². The molecule has 113 heavy (non-hydrogen) atoms. The first-order chi connectivity index (χ1) is 54.6. The molecule has 2 aromatic carbocycles. The van der Waals surface area contributed by atoms with Crippen molar-refractivity contribution < 1.29 is 64.1 Å². The second kappa shape index (κ2) is 80.8. The minimum Gasteiger partial charge on any atom is -0.744 e. The van der Waals surface area contributed by atoms with E-state index in [4.69, 9.17) is 18.9 Å². The maximum atomic E-state index is 13.0. The second-order valence-electron chi connectivity index (χ2n) is 31.4. The van der Waals surface area contributed by atoms with Crippen LogP contribution in [0.4, 0.5) is 0 Å². The molecule has 0 unspecified atom stereocenters. The Morgan fingerprint density at radius 3 is 0.584 bits per heavy atom. The topological polar surface area (TPSA) is 220 Å². The van der Waals surface area contributed by atoms with Gasteiger partial charge in [-0.15, -0.1) is 0 Å². The zero-order chi connectivity index (χ0) is 81.6. The molecule has 14 nitrogen and oxygen atoms in total. The van der Waals surface area contributed by atoms with Gasteiger partial charge in [0.05, 0.1) is 58.5 Å². The molecule has 0 bridgehead atoms. The first kappa shape index (κ1) is 109. The van der Waals surface area contributed by atoms with Crippen LogP contribution < -0.4 is 0 Å². The van der Waals surface area contributed by atoms with Gasteiger partial charge in [0.2, 0.25) is 0 Å². The zero-order valence-electron chi connectivity index (χ0n) is 72.4. The standard InChI is InChI=1S/2C48H82O7S.Ca/c2*1-3-5-7-9-11-13-15-17-19-21-23-25-27-29-31-33-35-37-42-54-47(49)44-40-39-41-45(56(51,52)53)46(44)48(50)55-43-38-36-34-32-30-28-26-24-22-20-18-16-14-12-10-8-6-4-2;/h2*27-30,39-41H,3-26,31-38,42-43H2,1-2H3,(H,51,52,53);/q;;+2/p-2/b2*29-27+,30-28+;. The van der Waals surface area contributed by atoms with E-state index in [1.807, 2.05) is 0 Å². The number of ether oxygens (including phenoxy) is 4. The van der Waals surface area contributed by atoms with E-state index in [1.54, 1.807) is 0 Å². The fraction of sp³-hybridized carbons (Fsp3) is 0.750. The fourth-order valence-electron chi connectivity index (χ4n) is 14.0. The van der Waals surface area contributed by atoms with Gasteiger partial charge in [0.15, 0.2) is 0 Å². The third-order valence-electron chi connectivity index (χ3n) is 21.0. The first-order valence-electron chi connectivity index (χ1n) is 46.1. The SMILES string of the molecule is CCCCCCCCCCCCC/C=C/CCCCCOC(=O)c1cccc(S(=O)(=O)[O-])c1C(=O)OCCCCC/C=C/CCCCCCCCCCCCC.CCCCCCCCCCCCC/C=C/CCCCCOC(=O)c1cccc(S(=O)(=O)[O-])c1C(=O)OCCCCC/C=C/CCCCCCCCCCCCC.[Ca+2]. The second-order valence-corrected chi connectivity index (χ2v) is 34.1. The van der Waals surface area contributed by atoms with Gasteiger partial charge in [-0.05, 0) is 178 Å². The van der Waals surface area contributed by atoms with Gasteiger partial charge in [-0.2, -0.15) is 0 Å². The fourth-order valence-corrected chi connectivity index (χ4v) is 15.4. The van der Waals surface area contributed by atoms with Crippen LogP contribution in [0, 0.1) is 0 Å². The van der Waals surface area contributed by atoms with E-state index in [2.05, 4.69) is 76.3 Å². The summed E-state index contributed by atoms with van der Waals surface area (Å²) in [5.41, 5.74) is -1.61. The number of allylic oxidation sites excluding steroid dienone is 8. The van der Waals surface area contributed by atoms with E-state index >= 15 is 0 Å². The number of hydrogen-bond donors (Lipinski definition) is 0. The van der Waals surface area contributed by atoms with Gasteiger partial charge in [-0.3, -0.25) is 0 Å². The van der Waals surface area contributed by atoms with Gasteiger partial charge in [-0.25, -0.2) is 36.0 Å². The molecule has 0 atom stereocenters. The molecule has 0 aromatic heterocycles. The number of unbranched alkanes of at least 4 members (excludes halogenated alkanes) is 56. The molecular weight excluding hydrogens is 1480 g/mol. The van der Waals surface area contributed by atoms with Gasteiger partial charge in [0, 0.05) is 0 Å². The maximum absolute atomic E-state index is 13.0. The van der Waals surface area contributed by atoms with Gasteiger partial charge in [0.1, 0.15) is 20.2 Å². The van der Waals surface area contributed by atoms with Gasteiger partial charge in [-0.1, -0.05) is 345 Å². The van der Waals surface area contributed by atoms with Crippen molar-refractivity contribution in [2.24, 2.45) is 0 Å². The molecule has 0 aliphatic heterocycles. The van der Waals surface area contributed by atoms with Crippen LogP contribution in [0.5, 0.6) is 0 Å². The largest absolute Gasteiger partial charge is 2.00 e. The third kappa shape index (κ3) is 65.9. The summed E-state index contributed by atoms with van der Waals surface area (Å²) in [6.07, 6.45) is 95.3. The summed E-state index contributed by atoms with van der Waals surface area (Å²) in [5.74, 6) is -3.68. The van der Waals surface area contributed by atoms with E-state index in [0.717, 1.165) is 115 Å². The summed E-state index contributed by atoms with van der Waals surface area (Å²) >= 11 is 0. The van der Waals surface area contributed by atoms with Crippen molar-refractivity contribution in [3.8, 4) is 0 Å². The summed E-state index contributed by atoms with van der Waals surface area (Å²) < 4.78 is 93.5. The molecule has 0 spiro atoms. The Kier molecular flexibility index (Phi) is 78.2. The van der Waals surface area contributed by atoms with Crippen LogP contribution in [0.3, 0.4) is 0 Å². The van der Waals surface area contributed by atoms with Crippen molar-refractivity contribution in [2.45, 2.75) is 448 Å². The molecule has 0 radical (unpaired) electrons. The van der Waals surface area contributed by atoms with Crippen LogP contribution in [0.1, 0.15) is 480 Å². The van der Waals surface area contributed by atoms with E-state index in [0.29, 0.717) is 25.7 Å². The molecule has 0 saturated carbocycles. The van der Waals surface area contributed by atoms with Gasteiger partial charge >= 0.3 is 61.6 Å². The predicted octanol–water partition coefficient (Wildman–Crippen LogP) is 28.7. The molecular formula is C96H162CaO14S2. The average molecular weight is 1640 g/mol. The molecule has 0 heterocycles. The Hall–Kier alpha value is -3.64. The number of benzene rings is 2. The number of carbonyl (C=O) groups is 4. The van der Waals surface area contributed by atoms with Crippen LogP contribution in [0.15, 0.2) is 94.8 Å². The molecule has 644 valence electrons. The summed E-state index contributed by atoms with van der Waals surface area (Å²) in [4.78, 5) is 50.4. The van der Waals surface area contributed by atoms with Crippen molar-refractivity contribution in [3.05, 3.63) is 107 Å². The average Bonchev–Trinajstić information content (AvgIpc) is 0.797. The van der Waals surface area contributed by atoms with Crippen molar-refractivity contribution in [1.82, 2.24) is 0 Å². The van der Waals surface area contributed by atoms with Crippen LogP contribution in [-0.2, 0) is 39.2 Å². The van der Waals surface area contributed by atoms with Crippen LogP contribution in [0.2, 0.25) is 0 Å². The first-order valence-corrected chi connectivity index (χ1v) is 48.9. The Labute approximate surface area is 722 Å². The molecule has 0 aliphatic rings. The Morgan fingerprint density at radius 2 is 0.407 bits per heavy atom. The Balaban J connectivity index is 0.00000220. The Bertz CT molecular complexity index is 2740. The Morgan fingerprint density at radius 1 is 0.248 bits per heavy atom. The minimum atomic E-state index is -5.03. The zero-order valence-corrected chi connectivity index (χ0v) is 76.2. The third-order valence-corrected chi connectivity index (χ3v) is 22.8. The quantitative estimate of drug-likeness (QED) is 0.0150. The maximum Gasteiger partial charge on any atom is 2.00 e. The number of rotatable bonds is 78. The van der Waals surface area contributed by atoms with Crippen LogP contribution in [-0.4, -0.2) is 114 Å². The normalized spacial score (nSPS) is 11.8. The monoisotopic (exact) mass is 1640 g/mol. The summed E-state index contributed by atoms with van der Waals surface area (Å²) in [6.45, 7) is 9.45. The van der Waals surface area contributed by atoms with Crippen LogP contribution >= 0.6 is 0 Å². The van der Waals surface area contributed by atoms with E-state index in [-0.39, 0.29) is 75.3 Å². The van der Waals surface area contributed by atoms with Crippen molar-refractivity contribution >= 4 is 81.9 Å². The summed E-state index contributed by atoms with van der Waals surface area (Å²) in [5, 5.41) is 0. The van der Waals surface area contributed by atoms with Gasteiger partial charge < -0.3 is 28.1 Å². The number of hydrogen-bond acceptors (Lipinski definition) is 14. The van der Waals surface area contributed by atoms with Crippen molar-refractivity contribution in [1.29, 1.82) is 0 Å². The van der Waals surface area contributed by atoms with Crippen LogP contribution in [0.25, 0.3) is 0 Å². The smallest absolute Gasteiger partial charge is 0.744 e. The van der Waals surface area contributed by atoms with E-state index in [9.17, 15) is 45.1 Å². The summed E-state index contributed by atoms with van der Waals surface area (Å²) in [7, 11) is -10.1. The van der Waals surface area contributed by atoms with E-state index < -0.39 is 65.0 Å². The number of carbonyl (C=O) groups excluding carboxylic acids is 4. The molecule has 0 fully saturated rings. The molecule has 0 N–H and O–H groups in total. The molecule has 2 aromatic rings. The van der Waals surface area contributed by atoms with E-state index in [1.165, 1.54) is 307 Å². The minimum absolute atomic E-state index is 0. The number of esters is 4. The summed E-state index contributed by atoms with van der Waals surface area (Å²) in [6, 6.07) is 7.21. The van der Waals surface area contributed by atoms with Crippen molar-refractivity contribution in [3.63, 3.8) is 0 Å². The molecule has 0 amide bonds. The molecule has 17 heteroatoms. The molecule has 0 saturated heterocycles. The predicted molar refractivity (Wildman–Crippen MR) is 470 cm³/mol.